The van der Waals surface area contributed by atoms with Crippen molar-refractivity contribution in [2.45, 2.75) is 13.3 Å². The van der Waals surface area contributed by atoms with E-state index in [1.54, 1.807) is 23.5 Å². The van der Waals surface area contributed by atoms with Crippen molar-refractivity contribution in [1.82, 2.24) is 19.9 Å². The number of pyridine rings is 1. The quantitative estimate of drug-likeness (QED) is 0.319. The number of primary amides is 1. The van der Waals surface area contributed by atoms with Crippen molar-refractivity contribution in [3.63, 3.8) is 0 Å². The Kier molecular flexibility index (Phi) is 6.96. The Morgan fingerprint density at radius 3 is 2.33 bits per heavy atom. The molecule has 6 rings (SSSR count). The van der Waals surface area contributed by atoms with Crippen LogP contribution in [0.1, 0.15) is 32.6 Å². The topological polar surface area (TPSA) is 105 Å². The summed E-state index contributed by atoms with van der Waals surface area (Å²) >= 11 is 1.62. The summed E-state index contributed by atoms with van der Waals surface area (Å²) in [4.78, 5) is 45.4. The average Bonchev–Trinajstić information content (AvgIpc) is 3.44. The van der Waals surface area contributed by atoms with Gasteiger partial charge in [0.1, 0.15) is 16.3 Å². The molecule has 0 atom stereocenters. The molecule has 40 heavy (non-hydrogen) atoms. The van der Waals surface area contributed by atoms with Crippen LogP contribution in [0.25, 0.3) is 32.7 Å². The highest BCUT2D eigenvalue weighted by molar-refractivity contribution is 7.18. The third-order valence-corrected chi connectivity index (χ3v) is 8.33. The fourth-order valence-corrected chi connectivity index (χ4v) is 5.98. The summed E-state index contributed by atoms with van der Waals surface area (Å²) in [5.41, 5.74) is 9.15. The minimum atomic E-state index is -0.620. The number of nitrogens with zero attached hydrogens (tertiary/aromatic N) is 5. The molecule has 5 aromatic rings. The number of aryl methyl sites for hydroxylation is 1. The van der Waals surface area contributed by atoms with Gasteiger partial charge in [-0.1, -0.05) is 49.4 Å². The van der Waals surface area contributed by atoms with Gasteiger partial charge in [-0.25, -0.2) is 9.97 Å². The number of rotatable bonds is 6. The second-order valence-electron chi connectivity index (χ2n) is 9.64. The summed E-state index contributed by atoms with van der Waals surface area (Å²) in [7, 11) is 0. The van der Waals surface area contributed by atoms with E-state index in [1.165, 1.54) is 11.1 Å². The largest absolute Gasteiger partial charge is 0.364 e. The molecule has 2 amide bonds. The van der Waals surface area contributed by atoms with Gasteiger partial charge in [-0.15, -0.1) is 11.3 Å². The maximum atomic E-state index is 13.3. The molecule has 0 aliphatic carbocycles. The molecule has 0 spiro atoms. The highest BCUT2D eigenvalue weighted by Gasteiger charge is 2.26. The molecule has 200 valence electrons. The summed E-state index contributed by atoms with van der Waals surface area (Å²) < 4.78 is 0. The molecule has 3 aromatic heterocycles. The molecule has 8 nitrogen and oxygen atoms in total. The van der Waals surface area contributed by atoms with Gasteiger partial charge in [0.15, 0.2) is 5.82 Å². The van der Waals surface area contributed by atoms with Crippen LogP contribution in [0, 0.1) is 0 Å². The fraction of sp³-hybridized carbons (Fsp3) is 0.194. The first kappa shape index (κ1) is 25.6. The number of nitrogens with two attached hydrogens (primary N) is 1. The number of carbonyl (C=O) groups is 2. The summed E-state index contributed by atoms with van der Waals surface area (Å²) in [6.07, 6.45) is 2.43. The van der Waals surface area contributed by atoms with Gasteiger partial charge in [0.2, 0.25) is 0 Å². The second kappa shape index (κ2) is 10.9. The molecule has 0 radical (unpaired) electrons. The summed E-state index contributed by atoms with van der Waals surface area (Å²) in [6, 6.07) is 23.6. The highest BCUT2D eigenvalue weighted by Crippen LogP contribution is 2.34. The fourth-order valence-electron chi connectivity index (χ4n) is 5.01. The number of aromatic nitrogens is 3. The maximum absolute atomic E-state index is 13.3. The van der Waals surface area contributed by atoms with Crippen molar-refractivity contribution in [1.29, 1.82) is 0 Å². The lowest BCUT2D eigenvalue weighted by molar-refractivity contribution is 0.0746. The van der Waals surface area contributed by atoms with Crippen LogP contribution in [0.5, 0.6) is 0 Å². The van der Waals surface area contributed by atoms with Crippen molar-refractivity contribution in [2.24, 2.45) is 5.73 Å². The molecule has 1 aliphatic heterocycles. The van der Waals surface area contributed by atoms with Crippen molar-refractivity contribution in [2.75, 3.05) is 31.1 Å². The van der Waals surface area contributed by atoms with E-state index in [1.807, 2.05) is 47.4 Å². The molecule has 2 N–H and O–H groups in total. The monoisotopic (exact) mass is 548 g/mol. The second-order valence-corrected chi connectivity index (χ2v) is 10.8. The highest BCUT2D eigenvalue weighted by atomic mass is 32.1. The molecule has 0 unspecified atom stereocenters. The molecular formula is C31H28N6O2S. The van der Waals surface area contributed by atoms with E-state index in [2.05, 4.69) is 35.0 Å². The SMILES string of the molecule is CCc1cc2c(N3CCN(C(=O)c4ccc(-c5ccccc5)cc4)CC3)nc(-c3cccnc3C(N)=O)nc2s1. The number of fused-ring (bicyclic) bond motifs is 1. The molecular weight excluding hydrogens is 520 g/mol. The Bertz CT molecular complexity index is 1690. The summed E-state index contributed by atoms with van der Waals surface area (Å²) in [5, 5.41) is 0.978. The van der Waals surface area contributed by atoms with Crippen LogP contribution in [0.15, 0.2) is 79.0 Å². The molecule has 2 aromatic carbocycles. The predicted molar refractivity (Wildman–Crippen MR) is 159 cm³/mol. The van der Waals surface area contributed by atoms with Crippen molar-refractivity contribution < 1.29 is 9.59 Å². The normalized spacial score (nSPS) is 13.5. The van der Waals surface area contributed by atoms with Crippen LogP contribution in [0.2, 0.25) is 0 Å². The zero-order chi connectivity index (χ0) is 27.6. The van der Waals surface area contributed by atoms with Crippen LogP contribution in [0.3, 0.4) is 0 Å². The van der Waals surface area contributed by atoms with Gasteiger partial charge in [0, 0.05) is 42.8 Å². The number of benzene rings is 2. The zero-order valence-corrected chi connectivity index (χ0v) is 22.9. The van der Waals surface area contributed by atoms with Crippen molar-refractivity contribution in [3.8, 4) is 22.5 Å². The van der Waals surface area contributed by atoms with Gasteiger partial charge >= 0.3 is 0 Å². The van der Waals surface area contributed by atoms with Crippen LogP contribution >= 0.6 is 11.3 Å². The van der Waals surface area contributed by atoms with Crippen LogP contribution < -0.4 is 10.6 Å². The molecule has 4 heterocycles. The first-order chi connectivity index (χ1) is 19.5. The molecule has 0 saturated carbocycles. The lowest BCUT2D eigenvalue weighted by Gasteiger charge is -2.35. The minimum absolute atomic E-state index is 0.0260. The van der Waals surface area contributed by atoms with Gasteiger partial charge in [-0.05, 0) is 47.9 Å². The number of hydrogen-bond donors (Lipinski definition) is 1. The maximum Gasteiger partial charge on any atom is 0.268 e. The Balaban J connectivity index is 1.25. The lowest BCUT2D eigenvalue weighted by Crippen LogP contribution is -2.49. The van der Waals surface area contributed by atoms with E-state index in [-0.39, 0.29) is 11.6 Å². The van der Waals surface area contributed by atoms with Crippen molar-refractivity contribution >= 4 is 39.2 Å². The number of anilines is 1. The smallest absolute Gasteiger partial charge is 0.268 e. The first-order valence-electron chi connectivity index (χ1n) is 13.3. The standard InChI is InChI=1S/C31H28N6O2S/c1-2-23-19-25-29(34-28(35-30(25)40-23)24-9-6-14-33-26(24)27(32)38)36-15-17-37(18-16-36)31(39)22-12-10-21(11-13-22)20-7-4-3-5-8-20/h3-14,19H,2,15-18H2,1H3,(H2,32,38). The number of piperazine rings is 1. The summed E-state index contributed by atoms with van der Waals surface area (Å²) in [5.74, 6) is 0.628. The molecule has 0 bridgehead atoms. The van der Waals surface area contributed by atoms with Gasteiger partial charge in [0.25, 0.3) is 11.8 Å². The molecule has 9 heteroatoms. The van der Waals surface area contributed by atoms with Crippen LogP contribution in [-0.4, -0.2) is 57.8 Å². The average molecular weight is 549 g/mol. The summed E-state index contributed by atoms with van der Waals surface area (Å²) in [6.45, 7) is 4.52. The van der Waals surface area contributed by atoms with E-state index in [4.69, 9.17) is 15.7 Å². The Morgan fingerprint density at radius 2 is 1.62 bits per heavy atom. The number of amides is 2. The van der Waals surface area contributed by atoms with Crippen LogP contribution in [0.4, 0.5) is 5.82 Å². The van der Waals surface area contributed by atoms with Gasteiger partial charge < -0.3 is 15.5 Å². The van der Waals surface area contributed by atoms with Crippen LogP contribution in [-0.2, 0) is 6.42 Å². The predicted octanol–water partition coefficient (Wildman–Crippen LogP) is 5.04. The van der Waals surface area contributed by atoms with E-state index >= 15 is 0 Å². The molecule has 1 aliphatic rings. The number of hydrogen-bond acceptors (Lipinski definition) is 7. The van der Waals surface area contributed by atoms with Gasteiger partial charge in [-0.3, -0.25) is 14.6 Å². The van der Waals surface area contributed by atoms with E-state index < -0.39 is 5.91 Å². The Hall–Kier alpha value is -4.63. The molecule has 1 saturated heterocycles. The zero-order valence-electron chi connectivity index (χ0n) is 22.1. The number of thiophene rings is 1. The van der Waals surface area contributed by atoms with E-state index in [0.717, 1.165) is 33.6 Å². The Labute approximate surface area is 236 Å². The number of carbonyl (C=O) groups excluding carboxylic acids is 2. The van der Waals surface area contributed by atoms with E-state index in [9.17, 15) is 9.59 Å². The molecule has 1 fully saturated rings. The van der Waals surface area contributed by atoms with Gasteiger partial charge in [0.05, 0.1) is 10.9 Å². The third kappa shape index (κ3) is 4.91. The minimum Gasteiger partial charge on any atom is -0.364 e. The Morgan fingerprint density at radius 1 is 0.900 bits per heavy atom. The van der Waals surface area contributed by atoms with Gasteiger partial charge in [-0.2, -0.15) is 0 Å². The first-order valence-corrected chi connectivity index (χ1v) is 14.1. The van der Waals surface area contributed by atoms with Crippen molar-refractivity contribution in [3.05, 3.63) is 95.1 Å². The van der Waals surface area contributed by atoms with E-state index in [0.29, 0.717) is 43.1 Å². The lowest BCUT2D eigenvalue weighted by atomic mass is 10.0. The third-order valence-electron chi connectivity index (χ3n) is 7.16.